The van der Waals surface area contributed by atoms with E-state index in [0.717, 1.165) is 24.2 Å². The van der Waals surface area contributed by atoms with Gasteiger partial charge in [0.05, 0.1) is 0 Å². The first-order valence-corrected chi connectivity index (χ1v) is 6.41. The van der Waals surface area contributed by atoms with Crippen LogP contribution in [0.5, 0.6) is 0 Å². The molecule has 0 radical (unpaired) electrons. The summed E-state index contributed by atoms with van der Waals surface area (Å²) in [6.45, 7) is 2.16. The molecule has 82 valence electrons. The van der Waals surface area contributed by atoms with Gasteiger partial charge in [-0.05, 0) is 36.3 Å². The van der Waals surface area contributed by atoms with E-state index in [-0.39, 0.29) is 11.6 Å². The molecule has 0 aliphatic heterocycles. The molecule has 2 nitrogen and oxygen atoms in total. The quantitative estimate of drug-likeness (QED) is 0.769. The second-order valence-electron chi connectivity index (χ2n) is 4.21. The van der Waals surface area contributed by atoms with Crippen LogP contribution < -0.4 is 11.5 Å². The van der Waals surface area contributed by atoms with Crippen molar-refractivity contribution in [1.82, 2.24) is 0 Å². The fourth-order valence-electron chi connectivity index (χ4n) is 1.73. The van der Waals surface area contributed by atoms with Gasteiger partial charge in [0.2, 0.25) is 0 Å². The third kappa shape index (κ3) is 2.36. The Balaban J connectivity index is 2.09. The van der Waals surface area contributed by atoms with E-state index in [2.05, 4.69) is 31.2 Å². The van der Waals surface area contributed by atoms with Crippen molar-refractivity contribution >= 4 is 11.8 Å². The van der Waals surface area contributed by atoms with E-state index in [1.807, 2.05) is 11.8 Å². The van der Waals surface area contributed by atoms with Gasteiger partial charge in [-0.1, -0.05) is 19.1 Å². The van der Waals surface area contributed by atoms with Gasteiger partial charge in [-0.2, -0.15) is 0 Å². The van der Waals surface area contributed by atoms with Gasteiger partial charge in [0.1, 0.15) is 0 Å². The molecule has 1 aliphatic carbocycles. The van der Waals surface area contributed by atoms with E-state index >= 15 is 0 Å². The Kier molecular flexibility index (Phi) is 3.05. The molecule has 1 unspecified atom stereocenters. The molecule has 1 aromatic rings. The van der Waals surface area contributed by atoms with Crippen LogP contribution in [-0.2, 0) is 0 Å². The van der Waals surface area contributed by atoms with E-state index in [9.17, 15) is 0 Å². The SMILES string of the molecule is CCSc1ccc(C(N)C2(N)CC2)cc1. The zero-order chi connectivity index (χ0) is 10.9. The Morgan fingerprint density at radius 3 is 2.40 bits per heavy atom. The van der Waals surface area contributed by atoms with Crippen LogP contribution in [0.1, 0.15) is 31.4 Å². The molecule has 1 aromatic carbocycles. The van der Waals surface area contributed by atoms with Gasteiger partial charge >= 0.3 is 0 Å². The molecule has 1 fully saturated rings. The minimum Gasteiger partial charge on any atom is -0.323 e. The van der Waals surface area contributed by atoms with Crippen LogP contribution in [0.4, 0.5) is 0 Å². The van der Waals surface area contributed by atoms with Crippen molar-refractivity contribution in [2.75, 3.05) is 5.75 Å². The van der Waals surface area contributed by atoms with Crippen molar-refractivity contribution in [3.8, 4) is 0 Å². The van der Waals surface area contributed by atoms with E-state index in [0.29, 0.717) is 0 Å². The summed E-state index contributed by atoms with van der Waals surface area (Å²) >= 11 is 1.85. The maximum absolute atomic E-state index is 6.13. The molecule has 1 saturated carbocycles. The van der Waals surface area contributed by atoms with Crippen molar-refractivity contribution in [3.05, 3.63) is 29.8 Å². The highest BCUT2D eigenvalue weighted by Crippen LogP contribution is 2.42. The van der Waals surface area contributed by atoms with Crippen LogP contribution in [0.15, 0.2) is 29.2 Å². The predicted molar refractivity (Wildman–Crippen MR) is 65.9 cm³/mol. The zero-order valence-corrected chi connectivity index (χ0v) is 9.89. The lowest BCUT2D eigenvalue weighted by molar-refractivity contribution is 0.536. The Hall–Kier alpha value is -0.510. The molecule has 0 spiro atoms. The van der Waals surface area contributed by atoms with Crippen LogP contribution in [0, 0.1) is 0 Å². The van der Waals surface area contributed by atoms with Crippen molar-refractivity contribution in [2.24, 2.45) is 11.5 Å². The summed E-state index contributed by atoms with van der Waals surface area (Å²) in [5, 5.41) is 0. The van der Waals surface area contributed by atoms with E-state index < -0.39 is 0 Å². The highest BCUT2D eigenvalue weighted by atomic mass is 32.2. The van der Waals surface area contributed by atoms with Gasteiger partial charge in [-0.15, -0.1) is 11.8 Å². The molecule has 15 heavy (non-hydrogen) atoms. The average molecular weight is 222 g/mol. The monoisotopic (exact) mass is 222 g/mol. The van der Waals surface area contributed by atoms with Crippen molar-refractivity contribution in [2.45, 2.75) is 36.2 Å². The first-order valence-electron chi connectivity index (χ1n) is 5.43. The number of benzene rings is 1. The molecule has 2 rings (SSSR count). The lowest BCUT2D eigenvalue weighted by atomic mass is 9.99. The standard InChI is InChI=1S/C12H18N2S/c1-2-15-10-5-3-9(4-6-10)11(13)12(14)7-8-12/h3-6,11H,2,7-8,13-14H2,1H3. The molecule has 0 aromatic heterocycles. The van der Waals surface area contributed by atoms with Gasteiger partial charge in [-0.25, -0.2) is 0 Å². The fraction of sp³-hybridized carbons (Fsp3) is 0.500. The third-order valence-electron chi connectivity index (χ3n) is 3.00. The molecule has 0 saturated heterocycles. The molecular weight excluding hydrogens is 204 g/mol. The molecule has 0 bridgehead atoms. The van der Waals surface area contributed by atoms with Crippen molar-refractivity contribution in [3.63, 3.8) is 0 Å². The number of rotatable bonds is 4. The van der Waals surface area contributed by atoms with Crippen LogP contribution in [0.25, 0.3) is 0 Å². The third-order valence-corrected chi connectivity index (χ3v) is 3.89. The van der Waals surface area contributed by atoms with Gasteiger partial charge in [0.25, 0.3) is 0 Å². The largest absolute Gasteiger partial charge is 0.323 e. The Bertz CT molecular complexity index is 330. The molecule has 1 aliphatic rings. The maximum atomic E-state index is 6.13. The van der Waals surface area contributed by atoms with Gasteiger partial charge in [-0.3, -0.25) is 0 Å². The van der Waals surface area contributed by atoms with Gasteiger partial charge < -0.3 is 11.5 Å². The summed E-state index contributed by atoms with van der Waals surface area (Å²) in [6.07, 6.45) is 2.11. The molecular formula is C12H18N2S. The number of hydrogen-bond donors (Lipinski definition) is 2. The van der Waals surface area contributed by atoms with E-state index in [4.69, 9.17) is 11.5 Å². The summed E-state index contributed by atoms with van der Waals surface area (Å²) in [7, 11) is 0. The fourth-order valence-corrected chi connectivity index (χ4v) is 2.39. The second kappa shape index (κ2) is 4.16. The van der Waals surface area contributed by atoms with Gasteiger partial charge in [0.15, 0.2) is 0 Å². The van der Waals surface area contributed by atoms with Crippen LogP contribution in [0.3, 0.4) is 0 Å². The summed E-state index contributed by atoms with van der Waals surface area (Å²) < 4.78 is 0. The molecule has 1 atom stereocenters. The Labute approximate surface area is 95.4 Å². The minimum atomic E-state index is -0.126. The molecule has 0 amide bonds. The first-order chi connectivity index (χ1) is 7.15. The van der Waals surface area contributed by atoms with E-state index in [1.165, 1.54) is 4.90 Å². The number of hydrogen-bond acceptors (Lipinski definition) is 3. The van der Waals surface area contributed by atoms with Crippen molar-refractivity contribution < 1.29 is 0 Å². The number of thioether (sulfide) groups is 1. The summed E-state index contributed by atoms with van der Waals surface area (Å²) in [5.41, 5.74) is 13.3. The summed E-state index contributed by atoms with van der Waals surface area (Å²) in [6, 6.07) is 8.48. The zero-order valence-electron chi connectivity index (χ0n) is 9.07. The highest BCUT2D eigenvalue weighted by Gasteiger charge is 2.44. The average Bonchev–Trinajstić information content (AvgIpc) is 2.99. The Morgan fingerprint density at radius 1 is 1.33 bits per heavy atom. The second-order valence-corrected chi connectivity index (χ2v) is 5.55. The summed E-state index contributed by atoms with van der Waals surface area (Å²) in [5.74, 6) is 1.10. The van der Waals surface area contributed by atoms with Crippen molar-refractivity contribution in [1.29, 1.82) is 0 Å². The lowest BCUT2D eigenvalue weighted by Crippen LogP contribution is -2.36. The van der Waals surface area contributed by atoms with Crippen LogP contribution in [0.2, 0.25) is 0 Å². The van der Waals surface area contributed by atoms with Crippen LogP contribution >= 0.6 is 11.8 Å². The number of nitrogens with two attached hydrogens (primary N) is 2. The summed E-state index contributed by atoms with van der Waals surface area (Å²) in [4.78, 5) is 1.30. The highest BCUT2D eigenvalue weighted by molar-refractivity contribution is 7.99. The normalized spacial score (nSPS) is 19.9. The van der Waals surface area contributed by atoms with E-state index in [1.54, 1.807) is 0 Å². The minimum absolute atomic E-state index is 0.00169. The first kappa shape index (κ1) is 11.0. The van der Waals surface area contributed by atoms with Gasteiger partial charge in [0, 0.05) is 16.5 Å². The maximum Gasteiger partial charge on any atom is 0.0477 e. The lowest BCUT2D eigenvalue weighted by Gasteiger charge is -2.19. The Morgan fingerprint density at radius 2 is 1.93 bits per heavy atom. The van der Waals surface area contributed by atoms with Crippen LogP contribution in [-0.4, -0.2) is 11.3 Å². The molecule has 4 N–H and O–H groups in total. The predicted octanol–water partition coefficient (Wildman–Crippen LogP) is 2.29. The molecule has 0 heterocycles. The smallest absolute Gasteiger partial charge is 0.0477 e. The topological polar surface area (TPSA) is 52.0 Å². The molecule has 3 heteroatoms.